The monoisotopic (exact) mass is 218 g/mol. The van der Waals surface area contributed by atoms with Crippen molar-refractivity contribution in [3.05, 3.63) is 34.9 Å². The molecular formula is C11H13ClF2. The van der Waals surface area contributed by atoms with Crippen molar-refractivity contribution in [1.82, 2.24) is 0 Å². The average Bonchev–Trinajstić information content (AvgIpc) is 2.15. The number of rotatable bonds is 4. The molecule has 0 radical (unpaired) electrons. The number of hydrogen-bond donors (Lipinski definition) is 0. The van der Waals surface area contributed by atoms with E-state index in [4.69, 9.17) is 11.6 Å². The molecule has 0 aliphatic rings. The van der Waals surface area contributed by atoms with Crippen molar-refractivity contribution in [1.29, 1.82) is 0 Å². The summed E-state index contributed by atoms with van der Waals surface area (Å²) in [6.07, 6.45) is -1.01. The smallest absolute Gasteiger partial charge is 0.205 e. The van der Waals surface area contributed by atoms with Gasteiger partial charge in [0.05, 0.1) is 0 Å². The fourth-order valence-electron chi connectivity index (χ4n) is 1.51. The third-order valence-electron chi connectivity index (χ3n) is 2.24. The first-order valence-corrected chi connectivity index (χ1v) is 5.12. The highest BCUT2D eigenvalue weighted by Gasteiger charge is 2.13. The van der Waals surface area contributed by atoms with Crippen LogP contribution < -0.4 is 0 Å². The molecule has 1 aromatic carbocycles. The van der Waals surface area contributed by atoms with Gasteiger partial charge in [-0.15, -0.1) is 11.6 Å². The number of aryl methyl sites for hydroxylation is 1. The molecule has 0 aliphatic heterocycles. The van der Waals surface area contributed by atoms with E-state index in [0.717, 1.165) is 17.5 Å². The van der Waals surface area contributed by atoms with Crippen molar-refractivity contribution in [2.24, 2.45) is 0 Å². The standard InChI is InChI=1S/C11H13ClF2/c1-8-4-2-5-10(11(13)14)9(8)6-3-7-12/h2,4-5,11H,3,6-7H2,1H3. The maximum absolute atomic E-state index is 12.6. The van der Waals surface area contributed by atoms with Gasteiger partial charge in [-0.2, -0.15) is 0 Å². The zero-order chi connectivity index (χ0) is 10.6. The van der Waals surface area contributed by atoms with Crippen molar-refractivity contribution in [3.8, 4) is 0 Å². The second-order valence-corrected chi connectivity index (χ2v) is 3.61. The summed E-state index contributed by atoms with van der Waals surface area (Å²) in [6.45, 7) is 1.86. The highest BCUT2D eigenvalue weighted by atomic mass is 35.5. The van der Waals surface area contributed by atoms with Crippen LogP contribution in [0.3, 0.4) is 0 Å². The Morgan fingerprint density at radius 3 is 2.64 bits per heavy atom. The van der Waals surface area contributed by atoms with Crippen LogP contribution in [0.4, 0.5) is 8.78 Å². The SMILES string of the molecule is Cc1cccc(C(F)F)c1CCCCl. The molecule has 0 nitrogen and oxygen atoms in total. The highest BCUT2D eigenvalue weighted by Crippen LogP contribution is 2.26. The lowest BCUT2D eigenvalue weighted by Crippen LogP contribution is -1.98. The van der Waals surface area contributed by atoms with Gasteiger partial charge in [-0.1, -0.05) is 18.2 Å². The van der Waals surface area contributed by atoms with Crippen molar-refractivity contribution < 1.29 is 8.78 Å². The molecule has 78 valence electrons. The van der Waals surface area contributed by atoms with Crippen LogP contribution in [0.25, 0.3) is 0 Å². The van der Waals surface area contributed by atoms with E-state index in [-0.39, 0.29) is 5.56 Å². The summed E-state index contributed by atoms with van der Waals surface area (Å²) >= 11 is 5.55. The van der Waals surface area contributed by atoms with Gasteiger partial charge in [0.2, 0.25) is 0 Å². The summed E-state index contributed by atoms with van der Waals surface area (Å²) in [6, 6.07) is 5.01. The molecule has 0 amide bonds. The minimum atomic E-state index is -2.39. The van der Waals surface area contributed by atoms with Gasteiger partial charge in [0.15, 0.2) is 0 Å². The summed E-state index contributed by atoms with van der Waals surface area (Å²) in [5, 5.41) is 0. The Kier molecular flexibility index (Phi) is 4.33. The van der Waals surface area contributed by atoms with Gasteiger partial charge < -0.3 is 0 Å². The van der Waals surface area contributed by atoms with E-state index < -0.39 is 6.43 Å². The highest BCUT2D eigenvalue weighted by molar-refractivity contribution is 6.17. The molecule has 0 aliphatic carbocycles. The van der Waals surface area contributed by atoms with E-state index >= 15 is 0 Å². The molecule has 0 N–H and O–H groups in total. The van der Waals surface area contributed by atoms with Crippen LogP contribution in [-0.2, 0) is 6.42 Å². The normalized spacial score (nSPS) is 10.9. The zero-order valence-corrected chi connectivity index (χ0v) is 8.82. The van der Waals surface area contributed by atoms with E-state index in [2.05, 4.69) is 0 Å². The molecule has 0 fully saturated rings. The van der Waals surface area contributed by atoms with Crippen LogP contribution >= 0.6 is 11.6 Å². The van der Waals surface area contributed by atoms with Crippen molar-refractivity contribution in [3.63, 3.8) is 0 Å². The van der Waals surface area contributed by atoms with Gasteiger partial charge in [-0.3, -0.25) is 0 Å². The molecule has 0 heterocycles. The Hall–Kier alpha value is -0.630. The third kappa shape index (κ3) is 2.68. The van der Waals surface area contributed by atoms with Gasteiger partial charge in [0, 0.05) is 11.4 Å². The van der Waals surface area contributed by atoms with Crippen LogP contribution in [0.15, 0.2) is 18.2 Å². The molecule has 3 heteroatoms. The Labute approximate surface area is 87.9 Å². The zero-order valence-electron chi connectivity index (χ0n) is 8.06. The second-order valence-electron chi connectivity index (χ2n) is 3.24. The van der Waals surface area contributed by atoms with Crippen LogP contribution in [0, 0.1) is 6.92 Å². The van der Waals surface area contributed by atoms with E-state index in [1.165, 1.54) is 6.07 Å². The third-order valence-corrected chi connectivity index (χ3v) is 2.51. The molecule has 0 unspecified atom stereocenters. The number of halogens is 3. The van der Waals surface area contributed by atoms with Crippen LogP contribution in [0.1, 0.15) is 29.5 Å². The van der Waals surface area contributed by atoms with Gasteiger partial charge in [0.1, 0.15) is 0 Å². The summed E-state index contributed by atoms with van der Waals surface area (Å²) in [5.41, 5.74) is 1.83. The average molecular weight is 219 g/mol. The summed E-state index contributed by atoms with van der Waals surface area (Å²) < 4.78 is 25.2. The lowest BCUT2D eigenvalue weighted by Gasteiger charge is -2.11. The topological polar surface area (TPSA) is 0 Å². The van der Waals surface area contributed by atoms with Crippen molar-refractivity contribution >= 4 is 11.6 Å². The molecule has 1 rings (SSSR count). The Bertz CT molecular complexity index is 297. The summed E-state index contributed by atoms with van der Waals surface area (Å²) in [4.78, 5) is 0. The predicted octanol–water partition coefficient (Wildman–Crippen LogP) is 4.10. The number of hydrogen-bond acceptors (Lipinski definition) is 0. The van der Waals surface area contributed by atoms with Gasteiger partial charge in [-0.25, -0.2) is 8.78 Å². The molecule has 0 aromatic heterocycles. The first-order valence-electron chi connectivity index (χ1n) is 4.59. The molecule has 0 spiro atoms. The van der Waals surface area contributed by atoms with Crippen LogP contribution in [-0.4, -0.2) is 5.88 Å². The van der Waals surface area contributed by atoms with Gasteiger partial charge >= 0.3 is 0 Å². The molecule has 14 heavy (non-hydrogen) atoms. The van der Waals surface area contributed by atoms with E-state index in [1.807, 2.05) is 13.0 Å². The van der Waals surface area contributed by atoms with Crippen LogP contribution in [0.5, 0.6) is 0 Å². The Morgan fingerprint density at radius 1 is 1.36 bits per heavy atom. The van der Waals surface area contributed by atoms with E-state index in [9.17, 15) is 8.78 Å². The summed E-state index contributed by atoms with van der Waals surface area (Å²) in [7, 11) is 0. The largest absolute Gasteiger partial charge is 0.264 e. The minimum absolute atomic E-state index is 0.148. The molecule has 0 bridgehead atoms. The number of alkyl halides is 3. The molecular weight excluding hydrogens is 206 g/mol. The maximum Gasteiger partial charge on any atom is 0.264 e. The van der Waals surface area contributed by atoms with Gasteiger partial charge in [0.25, 0.3) is 6.43 Å². The lowest BCUT2D eigenvalue weighted by atomic mass is 9.98. The first-order chi connectivity index (χ1) is 6.66. The summed E-state index contributed by atoms with van der Waals surface area (Å²) in [5.74, 6) is 0.511. The maximum atomic E-state index is 12.6. The van der Waals surface area contributed by atoms with E-state index in [0.29, 0.717) is 12.3 Å². The first kappa shape index (κ1) is 11.4. The predicted molar refractivity (Wildman–Crippen MR) is 55.2 cm³/mol. The fraction of sp³-hybridized carbons (Fsp3) is 0.455. The lowest BCUT2D eigenvalue weighted by molar-refractivity contribution is 0.150. The Morgan fingerprint density at radius 2 is 2.07 bits per heavy atom. The van der Waals surface area contributed by atoms with Gasteiger partial charge in [-0.05, 0) is 30.9 Å². The van der Waals surface area contributed by atoms with Crippen LogP contribution in [0.2, 0.25) is 0 Å². The quantitative estimate of drug-likeness (QED) is 0.668. The molecule has 0 atom stereocenters. The Balaban J connectivity index is 2.96. The van der Waals surface area contributed by atoms with E-state index in [1.54, 1.807) is 6.07 Å². The molecule has 0 saturated heterocycles. The van der Waals surface area contributed by atoms with Crippen molar-refractivity contribution in [2.75, 3.05) is 5.88 Å². The van der Waals surface area contributed by atoms with Crippen molar-refractivity contribution in [2.45, 2.75) is 26.2 Å². The number of benzene rings is 1. The minimum Gasteiger partial charge on any atom is -0.205 e. The molecule has 1 aromatic rings. The molecule has 0 saturated carbocycles. The fourth-order valence-corrected chi connectivity index (χ4v) is 1.65. The second kappa shape index (κ2) is 5.30.